The number of aromatic amines is 1. The van der Waals surface area contributed by atoms with Gasteiger partial charge in [0.1, 0.15) is 0 Å². The summed E-state index contributed by atoms with van der Waals surface area (Å²) in [5.41, 5.74) is 0.352. The summed E-state index contributed by atoms with van der Waals surface area (Å²) in [6.45, 7) is 1.49. The van der Waals surface area contributed by atoms with Gasteiger partial charge in [0, 0.05) is 13.1 Å². The number of rotatable bonds is 4. The lowest BCUT2D eigenvalue weighted by Crippen LogP contribution is -2.33. The predicted molar refractivity (Wildman–Crippen MR) is 106 cm³/mol. The Balaban J connectivity index is 1.67. The van der Waals surface area contributed by atoms with Crippen LogP contribution in [0.25, 0.3) is 11.2 Å². The molecule has 6 heteroatoms. The number of hydrogen-bond acceptors (Lipinski definition) is 3. The Morgan fingerprint density at radius 1 is 0.852 bits per heavy atom. The first-order chi connectivity index (χ1) is 13.2. The van der Waals surface area contributed by atoms with Crippen LogP contribution in [0.15, 0.2) is 9.59 Å². The Bertz CT molecular complexity index is 862. The summed E-state index contributed by atoms with van der Waals surface area (Å²) in [4.78, 5) is 31.7. The molecule has 2 aromatic heterocycles. The molecule has 0 bridgehead atoms. The fourth-order valence-electron chi connectivity index (χ4n) is 4.99. The van der Waals surface area contributed by atoms with Crippen molar-refractivity contribution in [2.24, 2.45) is 11.8 Å². The van der Waals surface area contributed by atoms with E-state index >= 15 is 0 Å². The number of H-pyrrole nitrogens is 1. The summed E-state index contributed by atoms with van der Waals surface area (Å²) in [5.74, 6) is 1.09. The summed E-state index contributed by atoms with van der Waals surface area (Å²) in [5, 5.41) is 0. The number of nitrogens with zero attached hydrogens (tertiary/aromatic N) is 3. The van der Waals surface area contributed by atoms with E-state index in [4.69, 9.17) is 0 Å². The summed E-state index contributed by atoms with van der Waals surface area (Å²) >= 11 is 0. The monoisotopic (exact) mass is 371 g/mol. The first kappa shape index (κ1) is 18.5. The van der Waals surface area contributed by atoms with Crippen molar-refractivity contribution in [3.05, 3.63) is 27.2 Å². The van der Waals surface area contributed by atoms with Crippen LogP contribution >= 0.6 is 0 Å². The lowest BCUT2D eigenvalue weighted by atomic mass is 10.00. The summed E-state index contributed by atoms with van der Waals surface area (Å²) in [7, 11) is 0. The summed E-state index contributed by atoms with van der Waals surface area (Å²) in [6.07, 6.45) is 18.0. The van der Waals surface area contributed by atoms with Crippen LogP contribution in [0.2, 0.25) is 0 Å². The van der Waals surface area contributed by atoms with E-state index in [2.05, 4.69) is 16.3 Å². The van der Waals surface area contributed by atoms with Crippen LogP contribution in [0.1, 0.15) is 77.0 Å². The molecule has 2 aromatic rings. The Labute approximate surface area is 160 Å². The molecule has 2 aliphatic carbocycles. The van der Waals surface area contributed by atoms with Gasteiger partial charge in [0.2, 0.25) is 0 Å². The molecule has 2 aliphatic rings. The van der Waals surface area contributed by atoms with Crippen LogP contribution in [0, 0.1) is 18.2 Å². The lowest BCUT2D eigenvalue weighted by Gasteiger charge is -2.19. The first-order valence-electron chi connectivity index (χ1n) is 10.8. The summed E-state index contributed by atoms with van der Waals surface area (Å²) < 4.78 is 3.73. The molecule has 0 aliphatic heterocycles. The van der Waals surface area contributed by atoms with Crippen LogP contribution in [-0.4, -0.2) is 19.1 Å². The number of nitrogens with one attached hydrogen (secondary N) is 1. The highest BCUT2D eigenvalue weighted by molar-refractivity contribution is 5.69. The Kier molecular flexibility index (Phi) is 5.79. The second-order valence-corrected chi connectivity index (χ2v) is 8.58. The minimum atomic E-state index is -0.386. The minimum absolute atomic E-state index is 0.298. The lowest BCUT2D eigenvalue weighted by molar-refractivity contribution is 0.377. The van der Waals surface area contributed by atoms with E-state index in [-0.39, 0.29) is 11.2 Å². The molecule has 2 fully saturated rings. The molecular formula is C21H31N4O2. The van der Waals surface area contributed by atoms with Crippen LogP contribution in [0.4, 0.5) is 0 Å². The maximum absolute atomic E-state index is 12.7. The van der Waals surface area contributed by atoms with Gasteiger partial charge < -0.3 is 4.57 Å². The Morgan fingerprint density at radius 2 is 1.41 bits per heavy atom. The third kappa shape index (κ3) is 4.19. The van der Waals surface area contributed by atoms with Crippen LogP contribution in [-0.2, 0) is 13.1 Å². The molecule has 2 saturated carbocycles. The first-order valence-corrected chi connectivity index (χ1v) is 10.8. The average Bonchev–Trinajstić information content (AvgIpc) is 2.84. The van der Waals surface area contributed by atoms with Crippen molar-refractivity contribution in [3.8, 4) is 0 Å². The quantitative estimate of drug-likeness (QED) is 0.834. The van der Waals surface area contributed by atoms with E-state index in [0.717, 1.165) is 19.4 Å². The number of hydrogen-bond donors (Lipinski definition) is 1. The molecule has 0 saturated heterocycles. The van der Waals surface area contributed by atoms with Crippen molar-refractivity contribution >= 4 is 11.2 Å². The molecule has 147 valence electrons. The van der Waals surface area contributed by atoms with Gasteiger partial charge in [-0.25, -0.2) is 9.78 Å². The maximum atomic E-state index is 12.7. The van der Waals surface area contributed by atoms with Crippen molar-refractivity contribution in [2.75, 3.05) is 0 Å². The normalized spacial score (nSPS) is 20.6. The molecule has 0 aromatic carbocycles. The predicted octanol–water partition coefficient (Wildman–Crippen LogP) is 3.63. The molecule has 2 heterocycles. The Morgan fingerprint density at radius 3 is 2.00 bits per heavy atom. The van der Waals surface area contributed by atoms with Crippen molar-refractivity contribution in [1.29, 1.82) is 0 Å². The topological polar surface area (TPSA) is 72.7 Å². The van der Waals surface area contributed by atoms with Crippen LogP contribution in [0.5, 0.6) is 0 Å². The maximum Gasteiger partial charge on any atom is 0.330 e. The molecule has 27 heavy (non-hydrogen) atoms. The highest BCUT2D eigenvalue weighted by atomic mass is 16.2. The van der Waals surface area contributed by atoms with E-state index < -0.39 is 0 Å². The third-order valence-corrected chi connectivity index (χ3v) is 6.52. The molecule has 4 rings (SSSR count). The van der Waals surface area contributed by atoms with Gasteiger partial charge in [-0.2, -0.15) is 0 Å². The fraction of sp³-hybridized carbons (Fsp3) is 0.762. The fourth-order valence-corrected chi connectivity index (χ4v) is 4.99. The molecule has 0 atom stereocenters. The van der Waals surface area contributed by atoms with E-state index in [1.54, 1.807) is 4.57 Å². The van der Waals surface area contributed by atoms with Gasteiger partial charge in [-0.05, 0) is 37.5 Å². The van der Waals surface area contributed by atoms with Gasteiger partial charge in [-0.3, -0.25) is 14.3 Å². The molecule has 1 radical (unpaired) electrons. The highest BCUT2D eigenvalue weighted by Gasteiger charge is 2.21. The molecule has 1 N–H and O–H groups in total. The van der Waals surface area contributed by atoms with Crippen molar-refractivity contribution in [1.82, 2.24) is 19.1 Å². The number of aromatic nitrogens is 4. The van der Waals surface area contributed by atoms with Crippen LogP contribution < -0.4 is 11.2 Å². The van der Waals surface area contributed by atoms with Gasteiger partial charge in [0.25, 0.3) is 5.56 Å². The average molecular weight is 372 g/mol. The van der Waals surface area contributed by atoms with Crippen molar-refractivity contribution in [3.63, 3.8) is 0 Å². The molecule has 6 nitrogen and oxygen atoms in total. The van der Waals surface area contributed by atoms with Gasteiger partial charge in [0.05, 0.1) is 0 Å². The second kappa shape index (κ2) is 8.44. The van der Waals surface area contributed by atoms with Gasteiger partial charge in [-0.1, -0.05) is 51.4 Å². The van der Waals surface area contributed by atoms with E-state index in [9.17, 15) is 9.59 Å². The molecule has 0 spiro atoms. The standard InChI is InChI=1S/C21H31N4O2/c26-19-18-20(24(15-22-18)13-16-9-5-1-2-6-10-16)25(21(27)23-19)14-17-11-7-3-4-8-12-17/h16-17H,1-14H2,(H,23,26,27). The minimum Gasteiger partial charge on any atom is -0.307 e. The van der Waals surface area contributed by atoms with Crippen molar-refractivity contribution in [2.45, 2.75) is 90.1 Å². The Hall–Kier alpha value is -1.85. The molecule has 0 unspecified atom stereocenters. The highest BCUT2D eigenvalue weighted by Crippen LogP contribution is 2.27. The van der Waals surface area contributed by atoms with Gasteiger partial charge >= 0.3 is 5.69 Å². The van der Waals surface area contributed by atoms with E-state index in [1.807, 2.05) is 4.57 Å². The summed E-state index contributed by atoms with van der Waals surface area (Å²) in [6, 6.07) is 0. The number of imidazole rings is 1. The smallest absolute Gasteiger partial charge is 0.307 e. The van der Waals surface area contributed by atoms with Crippen LogP contribution in [0.3, 0.4) is 0 Å². The second-order valence-electron chi connectivity index (χ2n) is 8.58. The molecular weight excluding hydrogens is 340 g/mol. The SMILES string of the molecule is O=c1[nH]c(=O)n(CC2CCCCCC2)c2c1n[c]n2CC1CCCCCC1. The van der Waals surface area contributed by atoms with E-state index in [1.165, 1.54) is 64.2 Å². The zero-order chi connectivity index (χ0) is 18.6. The van der Waals surface area contributed by atoms with Gasteiger partial charge in [0.15, 0.2) is 17.5 Å². The number of fused-ring (bicyclic) bond motifs is 1. The zero-order valence-electron chi connectivity index (χ0n) is 16.2. The molecule has 0 amide bonds. The third-order valence-electron chi connectivity index (χ3n) is 6.52. The van der Waals surface area contributed by atoms with Crippen molar-refractivity contribution < 1.29 is 0 Å². The largest absolute Gasteiger partial charge is 0.330 e. The van der Waals surface area contributed by atoms with Gasteiger partial charge in [-0.15, -0.1) is 0 Å². The van der Waals surface area contributed by atoms with E-state index in [0.29, 0.717) is 29.5 Å². The zero-order valence-corrected chi connectivity index (χ0v) is 16.2.